The van der Waals surface area contributed by atoms with Gasteiger partial charge in [0.1, 0.15) is 5.82 Å². The summed E-state index contributed by atoms with van der Waals surface area (Å²) < 4.78 is 54.3. The number of rotatable bonds is 3. The summed E-state index contributed by atoms with van der Waals surface area (Å²) in [6, 6.07) is 12.0. The van der Waals surface area contributed by atoms with Gasteiger partial charge in [-0.15, -0.1) is 0 Å². The molecule has 0 saturated carbocycles. The number of nitrogens with two attached hydrogens (primary N) is 1. The van der Waals surface area contributed by atoms with Crippen molar-refractivity contribution in [3.05, 3.63) is 65.6 Å². The molecular weight excluding hydrogens is 350 g/mol. The quantitative estimate of drug-likeness (QED) is 0.715. The smallest absolute Gasteiger partial charge is 0.365 e. The number of hydrogen-bond donors (Lipinski definition) is 1. The van der Waals surface area contributed by atoms with Gasteiger partial charge in [0.05, 0.1) is 11.3 Å². The predicted octanol–water partition coefficient (Wildman–Crippen LogP) is 4.01. The number of primary amides is 1. The van der Waals surface area contributed by atoms with Crippen LogP contribution in [0, 0.1) is 5.82 Å². The molecule has 134 valence electrons. The molecule has 0 aliphatic rings. The molecule has 1 aromatic heterocycles. The second-order valence-corrected chi connectivity index (χ2v) is 5.61. The maximum atomic E-state index is 13.6. The van der Waals surface area contributed by atoms with Crippen molar-refractivity contribution in [3.8, 4) is 22.4 Å². The number of nitrogens with zero attached hydrogens (tertiary/aromatic N) is 2. The Morgan fingerprint density at radius 1 is 1.08 bits per heavy atom. The van der Waals surface area contributed by atoms with Crippen LogP contribution in [0.4, 0.5) is 17.6 Å². The van der Waals surface area contributed by atoms with Crippen LogP contribution in [0.25, 0.3) is 22.4 Å². The topological polar surface area (TPSA) is 60.9 Å². The highest BCUT2D eigenvalue weighted by atomic mass is 19.4. The van der Waals surface area contributed by atoms with E-state index < -0.39 is 29.2 Å². The van der Waals surface area contributed by atoms with Gasteiger partial charge in [-0.25, -0.2) is 4.39 Å². The number of carbonyl (C=O) groups excluding carboxylic acids is 1. The number of amides is 1. The van der Waals surface area contributed by atoms with E-state index in [1.165, 1.54) is 31.3 Å². The van der Waals surface area contributed by atoms with E-state index in [0.717, 1.165) is 4.68 Å². The third-order valence-electron chi connectivity index (χ3n) is 3.88. The van der Waals surface area contributed by atoms with Crippen molar-refractivity contribution in [1.82, 2.24) is 9.78 Å². The van der Waals surface area contributed by atoms with E-state index in [4.69, 9.17) is 5.73 Å². The summed E-state index contributed by atoms with van der Waals surface area (Å²) in [5, 5.41) is 3.45. The first-order chi connectivity index (χ1) is 12.2. The predicted molar refractivity (Wildman–Crippen MR) is 87.6 cm³/mol. The maximum absolute atomic E-state index is 13.6. The first kappa shape index (κ1) is 17.7. The molecule has 0 atom stereocenters. The number of aromatic nitrogens is 2. The summed E-state index contributed by atoms with van der Waals surface area (Å²) >= 11 is 0. The number of carbonyl (C=O) groups is 1. The fraction of sp³-hybridized carbons (Fsp3) is 0.111. The molecule has 1 amide bonds. The van der Waals surface area contributed by atoms with Crippen molar-refractivity contribution in [2.45, 2.75) is 6.18 Å². The maximum Gasteiger partial charge on any atom is 0.435 e. The minimum absolute atomic E-state index is 0.0790. The van der Waals surface area contributed by atoms with Crippen LogP contribution >= 0.6 is 0 Å². The summed E-state index contributed by atoms with van der Waals surface area (Å²) in [6.07, 6.45) is -4.84. The van der Waals surface area contributed by atoms with Gasteiger partial charge in [0.15, 0.2) is 5.69 Å². The summed E-state index contributed by atoms with van der Waals surface area (Å²) in [5.41, 5.74) is 4.26. The monoisotopic (exact) mass is 363 g/mol. The van der Waals surface area contributed by atoms with Gasteiger partial charge in [0.25, 0.3) is 5.91 Å². The second-order valence-electron chi connectivity index (χ2n) is 5.61. The van der Waals surface area contributed by atoms with Crippen LogP contribution < -0.4 is 5.73 Å². The Balaban J connectivity index is 2.33. The number of halogens is 4. The Morgan fingerprint density at radius 3 is 2.31 bits per heavy atom. The van der Waals surface area contributed by atoms with E-state index >= 15 is 0 Å². The molecule has 0 bridgehead atoms. The van der Waals surface area contributed by atoms with Crippen molar-refractivity contribution in [2.75, 3.05) is 0 Å². The molecule has 4 nitrogen and oxygen atoms in total. The summed E-state index contributed by atoms with van der Waals surface area (Å²) in [5.74, 6) is -1.73. The lowest BCUT2D eigenvalue weighted by atomic mass is 9.95. The van der Waals surface area contributed by atoms with Gasteiger partial charge < -0.3 is 5.73 Å². The Hall–Kier alpha value is -3.16. The number of benzene rings is 2. The zero-order valence-electron chi connectivity index (χ0n) is 13.5. The Labute approximate surface area is 145 Å². The molecule has 3 rings (SSSR count). The van der Waals surface area contributed by atoms with E-state index in [1.54, 1.807) is 24.3 Å². The molecule has 2 aromatic carbocycles. The minimum Gasteiger partial charge on any atom is -0.365 e. The van der Waals surface area contributed by atoms with E-state index in [0.29, 0.717) is 11.1 Å². The van der Waals surface area contributed by atoms with E-state index in [9.17, 15) is 22.4 Å². The number of alkyl halides is 3. The molecule has 0 fully saturated rings. The first-order valence-electron chi connectivity index (χ1n) is 7.49. The molecule has 2 N–H and O–H groups in total. The third kappa shape index (κ3) is 3.05. The van der Waals surface area contributed by atoms with Gasteiger partial charge in [-0.2, -0.15) is 18.3 Å². The highest BCUT2D eigenvalue weighted by Gasteiger charge is 2.41. The normalized spacial score (nSPS) is 11.6. The lowest BCUT2D eigenvalue weighted by Crippen LogP contribution is -2.18. The van der Waals surface area contributed by atoms with Crippen molar-refractivity contribution < 1.29 is 22.4 Å². The highest BCUT2D eigenvalue weighted by molar-refractivity contribution is 6.02. The van der Waals surface area contributed by atoms with Gasteiger partial charge in [0.2, 0.25) is 0 Å². The third-order valence-corrected chi connectivity index (χ3v) is 3.88. The Kier molecular flexibility index (Phi) is 4.27. The molecule has 0 aliphatic carbocycles. The fourth-order valence-electron chi connectivity index (χ4n) is 2.86. The van der Waals surface area contributed by atoms with Crippen molar-refractivity contribution in [3.63, 3.8) is 0 Å². The molecule has 0 aliphatic heterocycles. The molecule has 0 saturated heterocycles. The molecule has 0 radical (unpaired) electrons. The lowest BCUT2D eigenvalue weighted by molar-refractivity contribution is -0.141. The molecule has 1 heterocycles. The van der Waals surface area contributed by atoms with E-state index in [-0.39, 0.29) is 11.3 Å². The minimum atomic E-state index is -4.84. The molecule has 0 unspecified atom stereocenters. The van der Waals surface area contributed by atoms with Crippen LogP contribution in [0.15, 0.2) is 48.5 Å². The van der Waals surface area contributed by atoms with Gasteiger partial charge >= 0.3 is 6.18 Å². The Morgan fingerprint density at radius 2 is 1.73 bits per heavy atom. The zero-order chi connectivity index (χ0) is 19.1. The molecular formula is C18H13F4N3O. The molecule has 8 heteroatoms. The van der Waals surface area contributed by atoms with Gasteiger partial charge in [-0.3, -0.25) is 9.48 Å². The molecule has 26 heavy (non-hydrogen) atoms. The SMILES string of the molecule is Cn1nc(C(F)(F)F)c(C(N)=O)c1-c1ccccc1-c1cccc(F)c1. The van der Waals surface area contributed by atoms with Crippen molar-refractivity contribution in [2.24, 2.45) is 12.8 Å². The zero-order valence-corrected chi connectivity index (χ0v) is 13.5. The van der Waals surface area contributed by atoms with Gasteiger partial charge in [-0.05, 0) is 23.3 Å². The van der Waals surface area contributed by atoms with Crippen LogP contribution in [0.5, 0.6) is 0 Å². The van der Waals surface area contributed by atoms with Crippen LogP contribution in [0.1, 0.15) is 16.1 Å². The van der Waals surface area contributed by atoms with E-state index in [2.05, 4.69) is 5.10 Å². The number of hydrogen-bond acceptors (Lipinski definition) is 2. The largest absolute Gasteiger partial charge is 0.435 e. The van der Waals surface area contributed by atoms with E-state index in [1.807, 2.05) is 0 Å². The average molecular weight is 363 g/mol. The lowest BCUT2D eigenvalue weighted by Gasteiger charge is -2.12. The average Bonchev–Trinajstić information content (AvgIpc) is 2.92. The molecule has 3 aromatic rings. The van der Waals surface area contributed by atoms with Crippen LogP contribution in [0.2, 0.25) is 0 Å². The van der Waals surface area contributed by atoms with Gasteiger partial charge in [0, 0.05) is 12.6 Å². The standard InChI is InChI=1S/C18H13F4N3O/c1-25-15(14(17(23)26)16(24-25)18(20,21)22)13-8-3-2-7-12(13)10-5-4-6-11(19)9-10/h2-9H,1H3,(H2,23,26). The molecule has 0 spiro atoms. The van der Waals surface area contributed by atoms with Crippen LogP contribution in [-0.2, 0) is 13.2 Å². The van der Waals surface area contributed by atoms with Crippen molar-refractivity contribution in [1.29, 1.82) is 0 Å². The van der Waals surface area contributed by atoms with Crippen LogP contribution in [-0.4, -0.2) is 15.7 Å². The summed E-state index contributed by atoms with van der Waals surface area (Å²) in [4.78, 5) is 11.8. The Bertz CT molecular complexity index is 992. The number of aryl methyl sites for hydroxylation is 1. The van der Waals surface area contributed by atoms with Gasteiger partial charge in [-0.1, -0.05) is 36.4 Å². The second kappa shape index (κ2) is 6.29. The highest BCUT2D eigenvalue weighted by Crippen LogP contribution is 2.39. The van der Waals surface area contributed by atoms with Crippen molar-refractivity contribution >= 4 is 5.91 Å². The summed E-state index contributed by atoms with van der Waals surface area (Å²) in [6.45, 7) is 0. The van der Waals surface area contributed by atoms with Crippen LogP contribution in [0.3, 0.4) is 0 Å². The summed E-state index contributed by atoms with van der Waals surface area (Å²) in [7, 11) is 1.29. The first-order valence-corrected chi connectivity index (χ1v) is 7.49. The fourth-order valence-corrected chi connectivity index (χ4v) is 2.86.